The molecule has 0 spiro atoms. The van der Waals surface area contributed by atoms with Crippen LogP contribution in [0.25, 0.3) is 0 Å². The summed E-state index contributed by atoms with van der Waals surface area (Å²) >= 11 is 1.68. The molecule has 0 bridgehead atoms. The Morgan fingerprint density at radius 2 is 1.92 bits per heavy atom. The van der Waals surface area contributed by atoms with Crippen molar-refractivity contribution < 1.29 is 9.18 Å². The molecule has 0 aliphatic heterocycles. The predicted octanol–water partition coefficient (Wildman–Crippen LogP) is 3.13. The molecule has 5 nitrogen and oxygen atoms in total. The number of hydrogen-bond acceptors (Lipinski definition) is 3. The number of rotatable bonds is 9. The van der Waals surface area contributed by atoms with Crippen LogP contribution < -0.4 is 10.6 Å². The van der Waals surface area contributed by atoms with Crippen molar-refractivity contribution in [3.8, 4) is 0 Å². The molecule has 0 radical (unpaired) electrons. The average molecular weight is 494 g/mol. The lowest BCUT2D eigenvalue weighted by molar-refractivity contribution is -0.127. The minimum atomic E-state index is -0.220. The first-order valence-electron chi connectivity index (χ1n) is 8.13. The number of halogens is 2. The molecule has 1 aromatic rings. The number of carbonyl (C=O) groups is 1. The van der Waals surface area contributed by atoms with Crippen LogP contribution >= 0.6 is 35.7 Å². The van der Waals surface area contributed by atoms with E-state index in [1.165, 1.54) is 17.0 Å². The van der Waals surface area contributed by atoms with Crippen molar-refractivity contribution in [3.05, 3.63) is 42.2 Å². The Morgan fingerprint density at radius 3 is 2.50 bits per heavy atom. The zero-order valence-corrected chi connectivity index (χ0v) is 18.7. The number of likely N-dealkylation sites (N-methyl/N-ethyl adjacent to an activating group) is 1. The number of thioether (sulfide) groups is 1. The second-order valence-electron chi connectivity index (χ2n) is 5.85. The summed E-state index contributed by atoms with van der Waals surface area (Å²) in [6, 6.07) is 6.49. The average Bonchev–Trinajstić information content (AvgIpc) is 2.57. The standard InChI is InChI=1S/C18H27FN4OS.HI/c1-14(2)12-21-18(22-13-17(24)23(3)4)20-10-5-11-25-16-8-6-15(19)7-9-16;/h6-9H,1,5,10-13H2,2-4H3,(H2,20,21,22);1H. The number of carbonyl (C=O) groups excluding carboxylic acids is 1. The Bertz CT molecular complexity index is 593. The highest BCUT2D eigenvalue weighted by Crippen LogP contribution is 2.18. The molecule has 26 heavy (non-hydrogen) atoms. The smallest absolute Gasteiger partial charge is 0.243 e. The summed E-state index contributed by atoms with van der Waals surface area (Å²) in [7, 11) is 3.41. The van der Waals surface area contributed by atoms with E-state index in [9.17, 15) is 9.18 Å². The van der Waals surface area contributed by atoms with Crippen LogP contribution in [0, 0.1) is 5.82 Å². The molecule has 0 unspecified atom stereocenters. The molecule has 8 heteroatoms. The van der Waals surface area contributed by atoms with Gasteiger partial charge in [-0.1, -0.05) is 12.2 Å². The van der Waals surface area contributed by atoms with E-state index in [-0.39, 0.29) is 42.2 Å². The third-order valence-electron chi connectivity index (χ3n) is 3.12. The molecular weight excluding hydrogens is 466 g/mol. The highest BCUT2D eigenvalue weighted by Gasteiger charge is 2.04. The van der Waals surface area contributed by atoms with E-state index in [1.54, 1.807) is 38.0 Å². The molecule has 2 N–H and O–H groups in total. The van der Waals surface area contributed by atoms with Gasteiger partial charge in [0, 0.05) is 32.1 Å². The van der Waals surface area contributed by atoms with Crippen LogP contribution in [0.1, 0.15) is 13.3 Å². The van der Waals surface area contributed by atoms with Crippen LogP contribution in [0.2, 0.25) is 0 Å². The van der Waals surface area contributed by atoms with Crippen molar-refractivity contribution in [2.45, 2.75) is 18.2 Å². The Hall–Kier alpha value is -1.29. The van der Waals surface area contributed by atoms with Gasteiger partial charge < -0.3 is 15.5 Å². The van der Waals surface area contributed by atoms with Gasteiger partial charge in [-0.2, -0.15) is 0 Å². The summed E-state index contributed by atoms with van der Waals surface area (Å²) in [4.78, 5) is 18.5. The summed E-state index contributed by atoms with van der Waals surface area (Å²) < 4.78 is 12.9. The first-order valence-corrected chi connectivity index (χ1v) is 9.12. The molecule has 0 aromatic heterocycles. The third kappa shape index (κ3) is 11.3. The number of nitrogens with one attached hydrogen (secondary N) is 2. The van der Waals surface area contributed by atoms with Gasteiger partial charge >= 0.3 is 0 Å². The normalized spacial score (nSPS) is 10.7. The van der Waals surface area contributed by atoms with Crippen molar-refractivity contribution >= 4 is 47.6 Å². The van der Waals surface area contributed by atoms with Gasteiger partial charge in [-0.15, -0.1) is 35.7 Å². The maximum absolute atomic E-state index is 12.9. The van der Waals surface area contributed by atoms with Crippen LogP contribution in [0.5, 0.6) is 0 Å². The number of benzene rings is 1. The number of nitrogens with zero attached hydrogens (tertiary/aromatic N) is 2. The summed E-state index contributed by atoms with van der Waals surface area (Å²) in [5.74, 6) is 1.24. The number of hydrogen-bond donors (Lipinski definition) is 2. The molecule has 0 heterocycles. The van der Waals surface area contributed by atoms with Gasteiger partial charge in [0.25, 0.3) is 0 Å². The number of aliphatic imine (C=N–C) groups is 1. The number of amides is 1. The molecule has 0 aliphatic carbocycles. The topological polar surface area (TPSA) is 56.7 Å². The second kappa shape index (κ2) is 13.9. The lowest BCUT2D eigenvalue weighted by Gasteiger charge is -2.13. The summed E-state index contributed by atoms with van der Waals surface area (Å²) in [6.07, 6.45) is 0.914. The summed E-state index contributed by atoms with van der Waals surface area (Å²) in [5, 5.41) is 6.37. The molecule has 1 aromatic carbocycles. The van der Waals surface area contributed by atoms with Crippen LogP contribution in [0.15, 0.2) is 46.3 Å². The van der Waals surface area contributed by atoms with E-state index in [4.69, 9.17) is 0 Å². The van der Waals surface area contributed by atoms with Gasteiger partial charge in [0.1, 0.15) is 12.4 Å². The second-order valence-corrected chi connectivity index (χ2v) is 7.01. The van der Waals surface area contributed by atoms with Crippen molar-refractivity contribution in [2.75, 3.05) is 39.5 Å². The van der Waals surface area contributed by atoms with E-state index >= 15 is 0 Å². The summed E-state index contributed by atoms with van der Waals surface area (Å²) in [5.41, 5.74) is 0.986. The Balaban J connectivity index is 0.00000625. The SMILES string of the molecule is C=C(C)CNC(=NCC(=O)N(C)C)NCCCSc1ccc(F)cc1.I. The summed E-state index contributed by atoms with van der Waals surface area (Å²) in [6.45, 7) is 7.21. The molecule has 146 valence electrons. The monoisotopic (exact) mass is 494 g/mol. The molecule has 1 rings (SSSR count). The molecule has 0 fully saturated rings. The number of guanidine groups is 1. The molecule has 0 aliphatic rings. The highest BCUT2D eigenvalue weighted by molar-refractivity contribution is 14.0. The van der Waals surface area contributed by atoms with Crippen LogP contribution in [-0.2, 0) is 4.79 Å². The minimum Gasteiger partial charge on any atom is -0.356 e. The van der Waals surface area contributed by atoms with E-state index in [0.29, 0.717) is 12.5 Å². The van der Waals surface area contributed by atoms with Gasteiger partial charge in [-0.25, -0.2) is 9.38 Å². The third-order valence-corrected chi connectivity index (χ3v) is 4.22. The first kappa shape index (κ1) is 24.7. The van der Waals surface area contributed by atoms with E-state index in [2.05, 4.69) is 22.2 Å². The molecule has 0 saturated carbocycles. The fourth-order valence-corrected chi connectivity index (χ4v) is 2.55. The maximum Gasteiger partial charge on any atom is 0.243 e. The van der Waals surface area contributed by atoms with E-state index in [0.717, 1.165) is 29.2 Å². The fourth-order valence-electron chi connectivity index (χ4n) is 1.70. The van der Waals surface area contributed by atoms with Gasteiger partial charge in [0.15, 0.2) is 5.96 Å². The van der Waals surface area contributed by atoms with E-state index in [1.807, 2.05) is 6.92 Å². The predicted molar refractivity (Wildman–Crippen MR) is 119 cm³/mol. The molecular formula is C18H28FIN4OS. The van der Waals surface area contributed by atoms with Crippen LogP contribution in [0.3, 0.4) is 0 Å². The van der Waals surface area contributed by atoms with Crippen LogP contribution in [0.4, 0.5) is 4.39 Å². The molecule has 1 amide bonds. The zero-order chi connectivity index (χ0) is 18.7. The van der Waals surface area contributed by atoms with Gasteiger partial charge in [-0.3, -0.25) is 4.79 Å². The maximum atomic E-state index is 12.9. The highest BCUT2D eigenvalue weighted by atomic mass is 127. The van der Waals surface area contributed by atoms with Gasteiger partial charge in [0.05, 0.1) is 0 Å². The van der Waals surface area contributed by atoms with Gasteiger partial charge in [0.2, 0.25) is 5.91 Å². The zero-order valence-electron chi connectivity index (χ0n) is 15.5. The Morgan fingerprint density at radius 1 is 1.27 bits per heavy atom. The molecule has 0 saturated heterocycles. The van der Waals surface area contributed by atoms with E-state index < -0.39 is 0 Å². The lowest BCUT2D eigenvalue weighted by atomic mass is 10.3. The fraction of sp³-hybridized carbons (Fsp3) is 0.444. The Labute approximate surface area is 176 Å². The van der Waals surface area contributed by atoms with Crippen molar-refractivity contribution in [3.63, 3.8) is 0 Å². The van der Waals surface area contributed by atoms with Crippen molar-refractivity contribution in [2.24, 2.45) is 4.99 Å². The Kier molecular flexibility index (Phi) is 13.2. The minimum absolute atomic E-state index is 0. The first-order chi connectivity index (χ1) is 11.9. The van der Waals surface area contributed by atoms with Crippen molar-refractivity contribution in [1.29, 1.82) is 0 Å². The quantitative estimate of drug-likeness (QED) is 0.138. The lowest BCUT2D eigenvalue weighted by Crippen LogP contribution is -2.39. The van der Waals surface area contributed by atoms with Gasteiger partial charge in [-0.05, 0) is 43.4 Å². The van der Waals surface area contributed by atoms with Crippen LogP contribution in [-0.4, -0.2) is 56.2 Å². The van der Waals surface area contributed by atoms with Crippen molar-refractivity contribution in [1.82, 2.24) is 15.5 Å². The molecule has 0 atom stereocenters. The largest absolute Gasteiger partial charge is 0.356 e.